The fraction of sp³-hybridized carbons (Fsp3) is 0.524. The van der Waals surface area contributed by atoms with Crippen LogP contribution in [-0.2, 0) is 15.0 Å². The Morgan fingerprint density at radius 3 is 2.23 bits per heavy atom. The van der Waals surface area contributed by atoms with E-state index in [2.05, 4.69) is 20.8 Å². The topological polar surface area (TPSA) is 60.9 Å². The molecule has 0 saturated carbocycles. The maximum Gasteiger partial charge on any atom is 0.290 e. The Morgan fingerprint density at radius 1 is 1.19 bits per heavy atom. The van der Waals surface area contributed by atoms with Gasteiger partial charge in [-0.3, -0.25) is 9.59 Å². The van der Waals surface area contributed by atoms with E-state index in [9.17, 15) is 14.7 Å². The molecule has 0 fully saturated rings. The number of carbonyl (C=O) groups is 2. The molecule has 0 saturated heterocycles. The first-order valence-corrected chi connectivity index (χ1v) is 9.10. The highest BCUT2D eigenvalue weighted by Gasteiger charge is 2.42. The number of ketones is 1. The molecule has 1 amide bonds. The molecule has 1 unspecified atom stereocenters. The van der Waals surface area contributed by atoms with E-state index in [1.165, 1.54) is 5.56 Å². The molecule has 0 aromatic heterocycles. The first kappa shape index (κ1) is 20.2. The zero-order chi connectivity index (χ0) is 19.6. The minimum Gasteiger partial charge on any atom is -0.503 e. The highest BCUT2D eigenvalue weighted by atomic mass is 16.3. The Labute approximate surface area is 156 Å². The summed E-state index contributed by atoms with van der Waals surface area (Å²) in [6.07, 6.45) is 0.255. The van der Waals surface area contributed by atoms with Crippen molar-refractivity contribution in [1.29, 1.82) is 0 Å². The average molecular weight is 358 g/mol. The van der Waals surface area contributed by atoms with Crippen molar-refractivity contribution >= 4 is 11.7 Å². The summed E-state index contributed by atoms with van der Waals surface area (Å²) in [7, 11) is 3.86. The second-order valence-corrected chi connectivity index (χ2v) is 8.12. The second kappa shape index (κ2) is 7.62. The third-order valence-corrected chi connectivity index (χ3v) is 4.81. The van der Waals surface area contributed by atoms with Crippen molar-refractivity contribution in [2.45, 2.75) is 45.6 Å². The summed E-state index contributed by atoms with van der Waals surface area (Å²) in [6.45, 7) is 9.27. The summed E-state index contributed by atoms with van der Waals surface area (Å²) in [4.78, 5) is 28.6. The molecule has 0 spiro atoms. The van der Waals surface area contributed by atoms with E-state index < -0.39 is 17.7 Å². The fourth-order valence-corrected chi connectivity index (χ4v) is 3.18. The standard InChI is InChI=1S/C21H30N2O3/c1-7-16(24)17-18(14-8-10-15(11-9-14)21(2,3)4)23(13-12-22(5)6)20(26)19(17)25/h8-11,18,25H,7,12-13H2,1-6H3. The van der Waals surface area contributed by atoms with E-state index in [1.807, 2.05) is 43.3 Å². The maximum absolute atomic E-state index is 12.6. The molecular weight excluding hydrogens is 328 g/mol. The van der Waals surface area contributed by atoms with Crippen LogP contribution in [-0.4, -0.2) is 53.8 Å². The van der Waals surface area contributed by atoms with Crippen molar-refractivity contribution in [2.75, 3.05) is 27.2 Å². The minimum atomic E-state index is -0.524. The van der Waals surface area contributed by atoms with Crippen molar-refractivity contribution in [3.8, 4) is 0 Å². The molecule has 1 aromatic rings. The van der Waals surface area contributed by atoms with Crippen molar-refractivity contribution in [3.05, 3.63) is 46.7 Å². The average Bonchev–Trinajstić information content (AvgIpc) is 2.83. The van der Waals surface area contributed by atoms with Crippen molar-refractivity contribution in [3.63, 3.8) is 0 Å². The van der Waals surface area contributed by atoms with Crippen LogP contribution in [0.15, 0.2) is 35.6 Å². The van der Waals surface area contributed by atoms with Gasteiger partial charge in [-0.25, -0.2) is 0 Å². The van der Waals surface area contributed by atoms with Crippen LogP contribution in [0.5, 0.6) is 0 Å². The molecular formula is C21H30N2O3. The summed E-state index contributed by atoms with van der Waals surface area (Å²) in [6, 6.07) is 7.47. The van der Waals surface area contributed by atoms with Gasteiger partial charge < -0.3 is 14.9 Å². The zero-order valence-corrected chi connectivity index (χ0v) is 16.7. The van der Waals surface area contributed by atoms with Crippen molar-refractivity contribution < 1.29 is 14.7 Å². The molecule has 1 aromatic carbocycles. The van der Waals surface area contributed by atoms with E-state index in [4.69, 9.17) is 0 Å². The number of benzene rings is 1. The van der Waals surface area contributed by atoms with Gasteiger partial charge in [0.15, 0.2) is 11.5 Å². The molecule has 0 aliphatic carbocycles. The van der Waals surface area contributed by atoms with Gasteiger partial charge in [0, 0.05) is 19.5 Å². The van der Waals surface area contributed by atoms with Crippen molar-refractivity contribution in [2.24, 2.45) is 0 Å². The summed E-state index contributed by atoms with van der Waals surface area (Å²) in [5.41, 5.74) is 2.28. The highest BCUT2D eigenvalue weighted by Crippen LogP contribution is 2.38. The van der Waals surface area contributed by atoms with Crippen LogP contribution in [0.3, 0.4) is 0 Å². The van der Waals surface area contributed by atoms with Crippen LogP contribution in [0.2, 0.25) is 0 Å². The van der Waals surface area contributed by atoms with Crippen LogP contribution >= 0.6 is 0 Å². The fourth-order valence-electron chi connectivity index (χ4n) is 3.18. The lowest BCUT2D eigenvalue weighted by Gasteiger charge is -2.28. The van der Waals surface area contributed by atoms with Crippen LogP contribution in [0.25, 0.3) is 0 Å². The Kier molecular flexibility index (Phi) is 5.91. The molecule has 26 heavy (non-hydrogen) atoms. The van der Waals surface area contributed by atoms with Gasteiger partial charge in [0.05, 0.1) is 11.6 Å². The number of likely N-dealkylation sites (N-methyl/N-ethyl adjacent to an activating group) is 1. The monoisotopic (exact) mass is 358 g/mol. The van der Waals surface area contributed by atoms with Gasteiger partial charge in [0.2, 0.25) is 0 Å². The van der Waals surface area contributed by atoms with Crippen LogP contribution in [0, 0.1) is 0 Å². The molecule has 1 aliphatic heterocycles. The number of rotatable bonds is 6. The largest absolute Gasteiger partial charge is 0.503 e. The van der Waals surface area contributed by atoms with E-state index in [-0.39, 0.29) is 23.2 Å². The SMILES string of the molecule is CCC(=O)C1=C(O)C(=O)N(CCN(C)C)C1c1ccc(C(C)(C)C)cc1. The predicted octanol–water partition coefficient (Wildman–Crippen LogP) is 3.22. The number of Topliss-reactive ketones (excluding diaryl/α,β-unsaturated/α-hetero) is 1. The Bertz CT molecular complexity index is 712. The van der Waals surface area contributed by atoms with Gasteiger partial charge in [-0.05, 0) is 30.6 Å². The van der Waals surface area contributed by atoms with Gasteiger partial charge in [0.25, 0.3) is 5.91 Å². The first-order chi connectivity index (χ1) is 12.1. The van der Waals surface area contributed by atoms with E-state index >= 15 is 0 Å². The quantitative estimate of drug-likeness (QED) is 0.848. The lowest BCUT2D eigenvalue weighted by molar-refractivity contribution is -0.129. The Hall–Kier alpha value is -2.14. The highest BCUT2D eigenvalue weighted by molar-refractivity contribution is 6.08. The van der Waals surface area contributed by atoms with Gasteiger partial charge in [0.1, 0.15) is 0 Å². The minimum absolute atomic E-state index is 0.0225. The number of amides is 1. The zero-order valence-electron chi connectivity index (χ0n) is 16.7. The van der Waals surface area contributed by atoms with Gasteiger partial charge in [-0.15, -0.1) is 0 Å². The third-order valence-electron chi connectivity index (χ3n) is 4.81. The number of carbonyl (C=O) groups excluding carboxylic acids is 2. The Balaban J connectivity index is 2.46. The molecule has 0 radical (unpaired) electrons. The third kappa shape index (κ3) is 3.98. The molecule has 142 valence electrons. The van der Waals surface area contributed by atoms with Gasteiger partial charge in [-0.2, -0.15) is 0 Å². The molecule has 1 N–H and O–H groups in total. The van der Waals surface area contributed by atoms with Crippen LogP contribution < -0.4 is 0 Å². The molecule has 1 aliphatic rings. The lowest BCUT2D eigenvalue weighted by atomic mass is 9.85. The van der Waals surface area contributed by atoms with Gasteiger partial charge >= 0.3 is 0 Å². The molecule has 5 heteroatoms. The number of hydrogen-bond donors (Lipinski definition) is 1. The van der Waals surface area contributed by atoms with Crippen LogP contribution in [0.4, 0.5) is 0 Å². The molecule has 1 heterocycles. The summed E-state index contributed by atoms with van der Waals surface area (Å²) >= 11 is 0. The lowest BCUT2D eigenvalue weighted by Crippen LogP contribution is -2.36. The summed E-state index contributed by atoms with van der Waals surface area (Å²) < 4.78 is 0. The first-order valence-electron chi connectivity index (χ1n) is 9.10. The normalized spacial score (nSPS) is 18.2. The number of nitrogens with zero attached hydrogens (tertiary/aromatic N) is 2. The molecule has 2 rings (SSSR count). The Morgan fingerprint density at radius 2 is 1.77 bits per heavy atom. The maximum atomic E-state index is 12.6. The van der Waals surface area contributed by atoms with E-state index in [1.54, 1.807) is 11.8 Å². The molecule has 1 atom stereocenters. The number of aliphatic hydroxyl groups excluding tert-OH is 1. The second-order valence-electron chi connectivity index (χ2n) is 8.12. The predicted molar refractivity (Wildman–Crippen MR) is 103 cm³/mol. The smallest absolute Gasteiger partial charge is 0.290 e. The van der Waals surface area contributed by atoms with Crippen molar-refractivity contribution in [1.82, 2.24) is 9.80 Å². The number of aliphatic hydroxyl groups is 1. The van der Waals surface area contributed by atoms with Gasteiger partial charge in [-0.1, -0.05) is 52.0 Å². The van der Waals surface area contributed by atoms with E-state index in [0.717, 1.165) is 5.56 Å². The van der Waals surface area contributed by atoms with E-state index in [0.29, 0.717) is 13.1 Å². The summed E-state index contributed by atoms with van der Waals surface area (Å²) in [5.74, 6) is -1.05. The van der Waals surface area contributed by atoms with Crippen LogP contribution in [0.1, 0.15) is 51.3 Å². The molecule has 5 nitrogen and oxygen atoms in total. The summed E-state index contributed by atoms with van der Waals surface area (Å²) in [5, 5.41) is 10.4. The number of hydrogen-bond acceptors (Lipinski definition) is 4. The molecule has 0 bridgehead atoms.